The van der Waals surface area contributed by atoms with Gasteiger partial charge in [-0.3, -0.25) is 0 Å². The quantitative estimate of drug-likeness (QED) is 0.672. The number of carbonyl (C=O) groups is 1. The van der Waals surface area contributed by atoms with Gasteiger partial charge in [0.05, 0.1) is 28.9 Å². The molecule has 23 heavy (non-hydrogen) atoms. The number of esters is 1. The lowest BCUT2D eigenvalue weighted by atomic mass is 9.99. The van der Waals surface area contributed by atoms with Gasteiger partial charge in [0.2, 0.25) is 0 Å². The number of carbonyl (C=O) groups excluding carboxylic acids is 1. The van der Waals surface area contributed by atoms with Crippen molar-refractivity contribution in [3.8, 4) is 11.1 Å². The van der Waals surface area contributed by atoms with E-state index in [9.17, 15) is 9.18 Å². The van der Waals surface area contributed by atoms with Crippen LogP contribution in [0.3, 0.4) is 0 Å². The van der Waals surface area contributed by atoms with E-state index < -0.39 is 11.8 Å². The molecule has 0 radical (unpaired) electrons. The maximum atomic E-state index is 13.6. The third-order valence-electron chi connectivity index (χ3n) is 3.56. The van der Waals surface area contributed by atoms with Crippen LogP contribution in [0.5, 0.6) is 0 Å². The molecule has 0 saturated heterocycles. The molecule has 0 aliphatic heterocycles. The number of aromatic nitrogens is 2. The average Bonchev–Trinajstić information content (AvgIpc) is 2.88. The smallest absolute Gasteiger partial charge is 0.338 e. The Labute approximate surface area is 137 Å². The molecule has 0 spiro atoms. The van der Waals surface area contributed by atoms with Gasteiger partial charge in [0.1, 0.15) is 11.6 Å². The number of rotatable bonds is 3. The molecule has 0 N–H and O–H groups in total. The molecule has 0 aliphatic rings. The predicted octanol–water partition coefficient (Wildman–Crippen LogP) is 4.28. The first-order valence-electron chi connectivity index (χ1n) is 7.11. The Morgan fingerprint density at radius 3 is 2.87 bits per heavy atom. The highest BCUT2D eigenvalue weighted by atomic mass is 35.5. The van der Waals surface area contributed by atoms with Crippen molar-refractivity contribution < 1.29 is 13.9 Å². The van der Waals surface area contributed by atoms with E-state index in [0.29, 0.717) is 16.1 Å². The fourth-order valence-corrected chi connectivity index (χ4v) is 2.74. The van der Waals surface area contributed by atoms with Crippen molar-refractivity contribution in [1.82, 2.24) is 9.38 Å². The molecule has 2 heterocycles. The summed E-state index contributed by atoms with van der Waals surface area (Å²) in [6, 6.07) is 5.76. The Balaban J connectivity index is 2.29. The second kappa shape index (κ2) is 6.01. The maximum absolute atomic E-state index is 13.6. The van der Waals surface area contributed by atoms with Gasteiger partial charge in [-0.25, -0.2) is 14.2 Å². The Morgan fingerprint density at radius 1 is 1.35 bits per heavy atom. The van der Waals surface area contributed by atoms with Crippen LogP contribution in [0, 0.1) is 12.7 Å². The monoisotopic (exact) mass is 332 g/mol. The van der Waals surface area contributed by atoms with E-state index in [2.05, 4.69) is 4.98 Å². The first kappa shape index (κ1) is 15.5. The standard InChI is InChI=1S/C17H14ClFN2O2/c1-3-23-17(22)15-7-12(19)4-5-13(15)14-6-11(18)9-21-10(2)20-8-16(14)21/h4-9H,3H2,1-2H3. The van der Waals surface area contributed by atoms with Crippen molar-refractivity contribution in [2.45, 2.75) is 13.8 Å². The highest BCUT2D eigenvalue weighted by Crippen LogP contribution is 2.32. The Hall–Kier alpha value is -2.40. The second-order valence-electron chi connectivity index (χ2n) is 5.04. The third kappa shape index (κ3) is 2.80. The van der Waals surface area contributed by atoms with Crippen molar-refractivity contribution >= 4 is 23.1 Å². The van der Waals surface area contributed by atoms with Crippen LogP contribution in [-0.4, -0.2) is 22.0 Å². The first-order valence-corrected chi connectivity index (χ1v) is 7.49. The van der Waals surface area contributed by atoms with Gasteiger partial charge in [-0.15, -0.1) is 0 Å². The summed E-state index contributed by atoms with van der Waals surface area (Å²) in [4.78, 5) is 16.4. The fourth-order valence-electron chi connectivity index (χ4n) is 2.53. The van der Waals surface area contributed by atoms with Gasteiger partial charge in [0.25, 0.3) is 0 Å². The van der Waals surface area contributed by atoms with Crippen LogP contribution in [0.4, 0.5) is 4.39 Å². The molecule has 0 bridgehead atoms. The molecule has 0 amide bonds. The molecule has 118 valence electrons. The molecular weight excluding hydrogens is 319 g/mol. The summed E-state index contributed by atoms with van der Waals surface area (Å²) in [5.41, 5.74) is 2.19. The Morgan fingerprint density at radius 2 is 2.13 bits per heavy atom. The van der Waals surface area contributed by atoms with Gasteiger partial charge in [-0.05, 0) is 37.6 Å². The van der Waals surface area contributed by atoms with Crippen molar-refractivity contribution in [2.24, 2.45) is 0 Å². The number of ether oxygens (including phenoxy) is 1. The van der Waals surface area contributed by atoms with E-state index in [1.165, 1.54) is 12.1 Å². The van der Waals surface area contributed by atoms with E-state index in [0.717, 1.165) is 11.3 Å². The molecule has 0 atom stereocenters. The number of nitrogens with zero attached hydrogens (tertiary/aromatic N) is 2. The van der Waals surface area contributed by atoms with Gasteiger partial charge in [0.15, 0.2) is 0 Å². The largest absolute Gasteiger partial charge is 0.462 e. The summed E-state index contributed by atoms with van der Waals surface area (Å²) >= 11 is 6.19. The van der Waals surface area contributed by atoms with Crippen molar-refractivity contribution in [3.05, 3.63) is 58.9 Å². The minimum Gasteiger partial charge on any atom is -0.462 e. The molecule has 3 aromatic rings. The first-order chi connectivity index (χ1) is 11.0. The molecule has 2 aromatic heterocycles. The van der Waals surface area contributed by atoms with Crippen LogP contribution in [0.1, 0.15) is 23.1 Å². The van der Waals surface area contributed by atoms with E-state index in [4.69, 9.17) is 16.3 Å². The van der Waals surface area contributed by atoms with Crippen molar-refractivity contribution in [2.75, 3.05) is 6.61 Å². The van der Waals surface area contributed by atoms with Crippen LogP contribution in [-0.2, 0) is 4.74 Å². The van der Waals surface area contributed by atoms with Gasteiger partial charge in [-0.1, -0.05) is 17.7 Å². The van der Waals surface area contributed by atoms with E-state index in [1.807, 2.05) is 11.3 Å². The molecule has 0 aliphatic carbocycles. The molecule has 4 nitrogen and oxygen atoms in total. The number of hydrogen-bond acceptors (Lipinski definition) is 3. The average molecular weight is 333 g/mol. The van der Waals surface area contributed by atoms with Gasteiger partial charge in [0, 0.05) is 11.8 Å². The van der Waals surface area contributed by atoms with Crippen molar-refractivity contribution in [1.29, 1.82) is 0 Å². The normalized spacial score (nSPS) is 11.0. The minimum absolute atomic E-state index is 0.162. The van der Waals surface area contributed by atoms with Crippen LogP contribution in [0.2, 0.25) is 5.02 Å². The topological polar surface area (TPSA) is 43.6 Å². The van der Waals surface area contributed by atoms with Crippen molar-refractivity contribution in [3.63, 3.8) is 0 Å². The number of aryl methyl sites for hydroxylation is 1. The number of halogens is 2. The Bertz CT molecular complexity index is 905. The van der Waals surface area contributed by atoms with Crippen LogP contribution in [0.25, 0.3) is 16.6 Å². The summed E-state index contributed by atoms with van der Waals surface area (Å²) in [6.07, 6.45) is 3.44. The number of imidazole rings is 1. The zero-order valence-corrected chi connectivity index (χ0v) is 13.4. The summed E-state index contributed by atoms with van der Waals surface area (Å²) in [5.74, 6) is -0.306. The second-order valence-corrected chi connectivity index (χ2v) is 5.48. The number of pyridine rings is 1. The van der Waals surface area contributed by atoms with Gasteiger partial charge in [-0.2, -0.15) is 0 Å². The zero-order valence-electron chi connectivity index (χ0n) is 12.6. The van der Waals surface area contributed by atoms with Gasteiger partial charge >= 0.3 is 5.97 Å². The summed E-state index contributed by atoms with van der Waals surface area (Å²) < 4.78 is 20.5. The van der Waals surface area contributed by atoms with E-state index >= 15 is 0 Å². The van der Waals surface area contributed by atoms with Gasteiger partial charge < -0.3 is 9.14 Å². The minimum atomic E-state index is -0.573. The van der Waals surface area contributed by atoms with Crippen LogP contribution >= 0.6 is 11.6 Å². The lowest BCUT2D eigenvalue weighted by Crippen LogP contribution is -2.07. The summed E-state index contributed by atoms with van der Waals surface area (Å²) in [7, 11) is 0. The fraction of sp³-hybridized carbons (Fsp3) is 0.176. The Kier molecular flexibility index (Phi) is 4.05. The lowest BCUT2D eigenvalue weighted by Gasteiger charge is -2.11. The molecule has 3 rings (SSSR count). The van der Waals surface area contributed by atoms with Crippen LogP contribution in [0.15, 0.2) is 36.7 Å². The lowest BCUT2D eigenvalue weighted by molar-refractivity contribution is 0.0526. The highest BCUT2D eigenvalue weighted by molar-refractivity contribution is 6.31. The summed E-state index contributed by atoms with van der Waals surface area (Å²) in [5, 5.41) is 0.493. The zero-order chi connectivity index (χ0) is 16.6. The highest BCUT2D eigenvalue weighted by Gasteiger charge is 2.18. The summed E-state index contributed by atoms with van der Waals surface area (Å²) in [6.45, 7) is 3.77. The number of hydrogen-bond donors (Lipinski definition) is 0. The molecule has 6 heteroatoms. The number of benzene rings is 1. The molecule has 0 unspecified atom stereocenters. The molecule has 1 aromatic carbocycles. The predicted molar refractivity (Wildman–Crippen MR) is 86.3 cm³/mol. The van der Waals surface area contributed by atoms with E-state index in [1.54, 1.807) is 31.5 Å². The third-order valence-corrected chi connectivity index (χ3v) is 3.77. The SMILES string of the molecule is CCOC(=O)c1cc(F)ccc1-c1cc(Cl)cn2c(C)ncc12. The number of fused-ring (bicyclic) bond motifs is 1. The molecular formula is C17H14ClFN2O2. The van der Waals surface area contributed by atoms with Crippen LogP contribution < -0.4 is 0 Å². The molecule has 0 fully saturated rings. The maximum Gasteiger partial charge on any atom is 0.338 e. The van der Waals surface area contributed by atoms with E-state index in [-0.39, 0.29) is 12.2 Å². The molecule has 0 saturated carbocycles.